The quantitative estimate of drug-likeness (QED) is 0.543. The van der Waals surface area contributed by atoms with Crippen LogP contribution in [0, 0.1) is 6.92 Å². The normalized spacial score (nSPS) is 12.5. The van der Waals surface area contributed by atoms with Crippen molar-refractivity contribution in [1.82, 2.24) is 0 Å². The van der Waals surface area contributed by atoms with Crippen LogP contribution in [-0.4, -0.2) is 42.6 Å². The fourth-order valence-electron chi connectivity index (χ4n) is 3.40. The smallest absolute Gasteiger partial charge is 0.350 e. The minimum atomic E-state index is -0.424. The number of ether oxygens (including phenoxy) is 1. The van der Waals surface area contributed by atoms with Crippen molar-refractivity contribution in [2.75, 3.05) is 25.5 Å². The van der Waals surface area contributed by atoms with Gasteiger partial charge in [-0.2, -0.15) is 0 Å². The third kappa shape index (κ3) is 4.57. The average Bonchev–Trinajstić information content (AvgIpc) is 3.06. The van der Waals surface area contributed by atoms with E-state index in [9.17, 15) is 9.59 Å². The highest BCUT2D eigenvalue weighted by Crippen LogP contribution is 2.29. The number of nitrogens with one attached hydrogen (secondary N) is 1. The summed E-state index contributed by atoms with van der Waals surface area (Å²) < 4.78 is 5.48. The first-order valence-corrected chi connectivity index (χ1v) is 10.1. The number of hydrogen-bond donors (Lipinski definition) is 1. The third-order valence-corrected chi connectivity index (χ3v) is 6.47. The highest BCUT2D eigenvalue weighted by atomic mass is 32.1. The van der Waals surface area contributed by atoms with E-state index in [1.807, 2.05) is 37.4 Å². The van der Waals surface area contributed by atoms with Crippen molar-refractivity contribution in [1.29, 1.82) is 0 Å². The molecule has 0 spiro atoms. The molecule has 0 saturated carbocycles. The third-order valence-electron chi connectivity index (χ3n) is 5.39. The van der Waals surface area contributed by atoms with Crippen LogP contribution in [0.5, 0.6) is 0 Å². The van der Waals surface area contributed by atoms with E-state index in [1.165, 1.54) is 24.0 Å². The van der Waals surface area contributed by atoms with E-state index < -0.39 is 5.97 Å². The molecule has 0 bridgehead atoms. The number of rotatable bonds is 8. The van der Waals surface area contributed by atoms with Gasteiger partial charge < -0.3 is 14.5 Å². The summed E-state index contributed by atoms with van der Waals surface area (Å²) in [5.41, 5.74) is 2.65. The Kier molecular flexibility index (Phi) is 7.16. The lowest BCUT2D eigenvalue weighted by atomic mass is 10.1. The minimum absolute atomic E-state index is 0.0821. The highest BCUT2D eigenvalue weighted by Gasteiger charge is 2.36. The average molecular weight is 390 g/mol. The zero-order chi connectivity index (χ0) is 20.0. The maximum atomic E-state index is 13.1. The predicted molar refractivity (Wildman–Crippen MR) is 110 cm³/mol. The van der Waals surface area contributed by atoms with Gasteiger partial charge in [-0.3, -0.25) is 4.79 Å². The summed E-state index contributed by atoms with van der Waals surface area (Å²) in [6, 6.07) is 9.99. The van der Waals surface area contributed by atoms with Gasteiger partial charge in [0.15, 0.2) is 6.04 Å². The molecule has 1 aromatic heterocycles. The van der Waals surface area contributed by atoms with Gasteiger partial charge in [0.05, 0.1) is 25.9 Å². The van der Waals surface area contributed by atoms with E-state index in [0.717, 1.165) is 25.2 Å². The van der Waals surface area contributed by atoms with Crippen molar-refractivity contribution >= 4 is 28.9 Å². The molecule has 1 atom stereocenters. The molecule has 0 radical (unpaired) electrons. The van der Waals surface area contributed by atoms with E-state index in [1.54, 1.807) is 0 Å². The van der Waals surface area contributed by atoms with Crippen LogP contribution in [0.25, 0.3) is 0 Å². The fourth-order valence-corrected chi connectivity index (χ4v) is 4.32. The Labute approximate surface area is 165 Å². The number of benzene rings is 1. The number of esters is 1. The van der Waals surface area contributed by atoms with E-state index in [2.05, 4.69) is 31.3 Å². The Bertz CT molecular complexity index is 782. The summed E-state index contributed by atoms with van der Waals surface area (Å²) in [5.74, 6) is -0.506. The van der Waals surface area contributed by atoms with Crippen LogP contribution in [0.3, 0.4) is 0 Å². The second-order valence-electron chi connectivity index (χ2n) is 6.77. The molecule has 146 valence electrons. The molecule has 0 aliphatic carbocycles. The van der Waals surface area contributed by atoms with Gasteiger partial charge in [-0.05, 0) is 38.6 Å². The number of hydrogen-bond acceptors (Lipinski definition) is 4. The van der Waals surface area contributed by atoms with Crippen LogP contribution in [0.15, 0.2) is 35.7 Å². The first kappa shape index (κ1) is 21.1. The fraction of sp³-hybridized carbons (Fsp3) is 0.429. The van der Waals surface area contributed by atoms with Crippen molar-refractivity contribution in [3.05, 3.63) is 51.7 Å². The second kappa shape index (κ2) is 9.15. The van der Waals surface area contributed by atoms with Gasteiger partial charge in [0, 0.05) is 5.56 Å². The molecule has 1 N–H and O–H groups in total. The zero-order valence-corrected chi connectivity index (χ0v) is 17.6. The molecule has 1 amide bonds. The van der Waals surface area contributed by atoms with Gasteiger partial charge in [0.25, 0.3) is 5.91 Å². The maximum Gasteiger partial charge on any atom is 0.350 e. The van der Waals surface area contributed by atoms with E-state index in [4.69, 9.17) is 4.74 Å². The number of aryl methyl sites for hydroxylation is 1. The number of likely N-dealkylation sites (N-methyl/N-ethyl adjacent to an activating group) is 1. The molecule has 0 aliphatic heterocycles. The van der Waals surface area contributed by atoms with Crippen LogP contribution < -0.4 is 5.32 Å². The van der Waals surface area contributed by atoms with Gasteiger partial charge in [-0.15, -0.1) is 11.3 Å². The van der Waals surface area contributed by atoms with Crippen molar-refractivity contribution < 1.29 is 18.8 Å². The molecule has 5 nitrogen and oxygen atoms in total. The molecule has 6 heteroatoms. The number of anilines is 1. The lowest BCUT2D eigenvalue weighted by Crippen LogP contribution is -2.57. The topological polar surface area (TPSA) is 55.4 Å². The van der Waals surface area contributed by atoms with Crippen molar-refractivity contribution in [3.8, 4) is 0 Å². The standard InChI is InChI=1S/C21H28N2O3S/c1-6-23(7-2,13-17-11-9-8-10-12-17)16(4)20(24)22-18-15(3)14-27-19(18)21(25)26-5/h8-12,14,16H,6-7,13H2,1-5H3/p+1. The Balaban J connectivity index is 2.26. The second-order valence-corrected chi connectivity index (χ2v) is 7.65. The predicted octanol–water partition coefficient (Wildman–Crippen LogP) is 4.23. The lowest BCUT2D eigenvalue weighted by Gasteiger charge is -2.41. The molecule has 2 aromatic rings. The summed E-state index contributed by atoms with van der Waals surface area (Å²) in [7, 11) is 1.35. The highest BCUT2D eigenvalue weighted by molar-refractivity contribution is 7.12. The SMILES string of the molecule is CC[N+](CC)(Cc1ccccc1)C(C)C(=O)Nc1c(C)csc1C(=O)OC. The molecule has 0 fully saturated rings. The first-order chi connectivity index (χ1) is 12.9. The molecule has 0 saturated heterocycles. The largest absolute Gasteiger partial charge is 0.465 e. The maximum absolute atomic E-state index is 13.1. The number of nitrogens with zero attached hydrogens (tertiary/aromatic N) is 1. The van der Waals surface area contributed by atoms with Crippen LogP contribution in [0.2, 0.25) is 0 Å². The van der Waals surface area contributed by atoms with E-state index in [0.29, 0.717) is 15.0 Å². The van der Waals surface area contributed by atoms with Gasteiger partial charge in [0.1, 0.15) is 11.4 Å². The van der Waals surface area contributed by atoms with Gasteiger partial charge >= 0.3 is 5.97 Å². The monoisotopic (exact) mass is 389 g/mol. The summed E-state index contributed by atoms with van der Waals surface area (Å²) in [4.78, 5) is 25.5. The number of carbonyl (C=O) groups excluding carboxylic acids is 2. The zero-order valence-electron chi connectivity index (χ0n) is 16.7. The molecular formula is C21H29N2O3S+. The van der Waals surface area contributed by atoms with Crippen molar-refractivity contribution in [3.63, 3.8) is 0 Å². The summed E-state index contributed by atoms with van der Waals surface area (Å²) in [6.07, 6.45) is 0. The molecule has 1 aromatic carbocycles. The molecule has 27 heavy (non-hydrogen) atoms. The summed E-state index contributed by atoms with van der Waals surface area (Å²) in [6.45, 7) is 10.5. The minimum Gasteiger partial charge on any atom is -0.465 e. The number of methoxy groups -OCH3 is 1. The van der Waals surface area contributed by atoms with E-state index in [-0.39, 0.29) is 11.9 Å². The lowest BCUT2D eigenvalue weighted by molar-refractivity contribution is -0.950. The first-order valence-electron chi connectivity index (χ1n) is 9.25. The van der Waals surface area contributed by atoms with E-state index >= 15 is 0 Å². The Morgan fingerprint density at radius 2 is 1.81 bits per heavy atom. The van der Waals surface area contributed by atoms with Crippen molar-refractivity contribution in [2.45, 2.75) is 40.3 Å². The van der Waals surface area contributed by atoms with Crippen LogP contribution in [-0.2, 0) is 16.1 Å². The molecular weight excluding hydrogens is 360 g/mol. The van der Waals surface area contributed by atoms with Gasteiger partial charge in [-0.25, -0.2) is 4.79 Å². The van der Waals surface area contributed by atoms with Crippen LogP contribution >= 0.6 is 11.3 Å². The summed E-state index contributed by atoms with van der Waals surface area (Å²) in [5, 5.41) is 4.85. The Hall–Kier alpha value is -2.18. The van der Waals surface area contributed by atoms with Crippen molar-refractivity contribution in [2.24, 2.45) is 0 Å². The molecule has 1 heterocycles. The molecule has 1 unspecified atom stereocenters. The number of carbonyl (C=O) groups is 2. The number of quaternary nitrogens is 1. The molecule has 2 rings (SSSR count). The van der Waals surface area contributed by atoms with Gasteiger partial charge in [-0.1, -0.05) is 30.3 Å². The van der Waals surface area contributed by atoms with Crippen LogP contribution in [0.4, 0.5) is 5.69 Å². The Morgan fingerprint density at radius 3 is 2.37 bits per heavy atom. The number of amides is 1. The summed E-state index contributed by atoms with van der Waals surface area (Å²) >= 11 is 1.29. The number of thiophene rings is 1. The Morgan fingerprint density at radius 1 is 1.19 bits per heavy atom. The van der Waals surface area contributed by atoms with Gasteiger partial charge in [0.2, 0.25) is 0 Å². The van der Waals surface area contributed by atoms with Crippen LogP contribution in [0.1, 0.15) is 41.6 Å². The molecule has 0 aliphatic rings.